The number of thiophene rings is 1. The normalized spacial score (nSPS) is 12.8. The van der Waals surface area contributed by atoms with Crippen LogP contribution in [-0.4, -0.2) is 33.3 Å². The van der Waals surface area contributed by atoms with Gasteiger partial charge < -0.3 is 10.1 Å². The summed E-state index contributed by atoms with van der Waals surface area (Å²) >= 11 is 6.69. The predicted molar refractivity (Wildman–Crippen MR) is 93.8 cm³/mol. The van der Waals surface area contributed by atoms with Crippen LogP contribution in [0, 0.1) is 10.1 Å². The molecule has 1 atom stereocenters. The average molecular weight is 391 g/mol. The molecule has 0 amide bonds. The second-order valence-corrected chi connectivity index (χ2v) is 8.74. The zero-order valence-electron chi connectivity index (χ0n) is 12.9. The zero-order chi connectivity index (χ0) is 17.9. The van der Waals surface area contributed by atoms with Gasteiger partial charge in [-0.05, 0) is 17.7 Å². The molecule has 0 aliphatic carbocycles. The number of anilines is 1. The Morgan fingerprint density at radius 1 is 1.38 bits per heavy atom. The molecule has 2 aromatic rings. The lowest BCUT2D eigenvalue weighted by molar-refractivity contribution is -0.383. The summed E-state index contributed by atoms with van der Waals surface area (Å²) in [5, 5.41) is 14.9. The van der Waals surface area contributed by atoms with Crippen LogP contribution in [0.15, 0.2) is 34.5 Å². The zero-order valence-corrected chi connectivity index (χ0v) is 15.2. The van der Waals surface area contributed by atoms with E-state index in [4.69, 9.17) is 16.3 Å². The first-order valence-electron chi connectivity index (χ1n) is 6.71. The molecule has 0 bridgehead atoms. The van der Waals surface area contributed by atoms with Crippen LogP contribution in [-0.2, 0) is 14.6 Å². The molecule has 1 aromatic heterocycles. The summed E-state index contributed by atoms with van der Waals surface area (Å²) in [6.07, 6.45) is 1.01. The molecule has 0 aliphatic rings. The molecule has 0 spiro atoms. The lowest BCUT2D eigenvalue weighted by atomic mass is 10.1. The van der Waals surface area contributed by atoms with Crippen molar-refractivity contribution in [1.29, 1.82) is 0 Å². The molecule has 0 fully saturated rings. The van der Waals surface area contributed by atoms with Crippen LogP contribution < -0.4 is 5.32 Å². The van der Waals surface area contributed by atoms with E-state index >= 15 is 0 Å². The van der Waals surface area contributed by atoms with Crippen molar-refractivity contribution in [1.82, 2.24) is 0 Å². The fraction of sp³-hybridized carbons (Fsp3) is 0.286. The number of methoxy groups -OCH3 is 1. The van der Waals surface area contributed by atoms with E-state index in [1.54, 1.807) is 24.3 Å². The van der Waals surface area contributed by atoms with Gasteiger partial charge in [-0.15, -0.1) is 0 Å². The number of hydrogen-bond acceptors (Lipinski definition) is 7. The second kappa shape index (κ2) is 7.47. The van der Waals surface area contributed by atoms with Gasteiger partial charge in [-0.1, -0.05) is 35.1 Å². The summed E-state index contributed by atoms with van der Waals surface area (Å²) in [6.45, 7) is 0.241. The Labute approximate surface area is 148 Å². The number of sulfone groups is 1. The van der Waals surface area contributed by atoms with Gasteiger partial charge in [0.1, 0.15) is 4.21 Å². The topological polar surface area (TPSA) is 98.5 Å². The number of benzene rings is 1. The quantitative estimate of drug-likeness (QED) is 0.573. The monoisotopic (exact) mass is 390 g/mol. The molecule has 0 radical (unpaired) electrons. The van der Waals surface area contributed by atoms with Crippen LogP contribution in [0.4, 0.5) is 10.7 Å². The van der Waals surface area contributed by atoms with Gasteiger partial charge >= 0.3 is 5.69 Å². The summed E-state index contributed by atoms with van der Waals surface area (Å²) in [5.74, 6) is 0. The minimum Gasteiger partial charge on any atom is -0.382 e. The molecule has 24 heavy (non-hydrogen) atoms. The Kier molecular flexibility index (Phi) is 5.81. The molecule has 10 heteroatoms. The number of hydrogen-bond donors (Lipinski definition) is 1. The highest BCUT2D eigenvalue weighted by molar-refractivity contribution is 7.92. The molecule has 130 valence electrons. The van der Waals surface area contributed by atoms with E-state index in [1.165, 1.54) is 7.11 Å². The van der Waals surface area contributed by atoms with Gasteiger partial charge in [0, 0.05) is 24.5 Å². The van der Waals surface area contributed by atoms with E-state index in [-0.39, 0.29) is 21.5 Å². The van der Waals surface area contributed by atoms with Gasteiger partial charge in [-0.25, -0.2) is 8.42 Å². The lowest BCUT2D eigenvalue weighted by Crippen LogP contribution is -2.16. The molecule has 0 saturated carbocycles. The Hall–Kier alpha value is -1.68. The highest BCUT2D eigenvalue weighted by atomic mass is 35.5. The van der Waals surface area contributed by atoms with Crippen LogP contribution in [0.25, 0.3) is 0 Å². The summed E-state index contributed by atoms with van der Waals surface area (Å²) in [5.41, 5.74) is 0.528. The lowest BCUT2D eigenvalue weighted by Gasteiger charge is -2.18. The highest BCUT2D eigenvalue weighted by Gasteiger charge is 2.26. The van der Waals surface area contributed by atoms with E-state index in [0.717, 1.165) is 29.2 Å². The maximum absolute atomic E-state index is 11.7. The standard InChI is InChI=1S/C14H15ClN2O5S2/c1-22-8-11(9-3-5-10(15)6-4-9)16-14-12(17(18)19)7-13(23-14)24(2,20)21/h3-7,11,16H,8H2,1-2H3/t11-/m1/s1. The van der Waals surface area contributed by atoms with Gasteiger partial charge in [0.25, 0.3) is 0 Å². The smallest absolute Gasteiger partial charge is 0.304 e. The number of rotatable bonds is 7. The molecule has 0 aliphatic heterocycles. The molecule has 1 N–H and O–H groups in total. The maximum atomic E-state index is 11.7. The van der Waals surface area contributed by atoms with E-state index in [9.17, 15) is 18.5 Å². The Morgan fingerprint density at radius 3 is 2.50 bits per heavy atom. The van der Waals surface area contributed by atoms with Crippen molar-refractivity contribution in [2.45, 2.75) is 10.3 Å². The molecular weight excluding hydrogens is 376 g/mol. The third-order valence-electron chi connectivity index (χ3n) is 3.16. The molecule has 2 rings (SSSR count). The first-order valence-corrected chi connectivity index (χ1v) is 9.80. The predicted octanol–water partition coefficient (Wildman–Crippen LogP) is 3.51. The van der Waals surface area contributed by atoms with E-state index in [2.05, 4.69) is 5.32 Å². The largest absolute Gasteiger partial charge is 0.382 e. The third kappa shape index (κ3) is 4.44. The molecule has 0 saturated heterocycles. The van der Waals surface area contributed by atoms with E-state index < -0.39 is 20.8 Å². The summed E-state index contributed by atoms with van der Waals surface area (Å²) in [6, 6.07) is 7.62. The Balaban J connectivity index is 2.40. The number of nitro groups is 1. The van der Waals surface area contributed by atoms with Gasteiger partial charge in [0.05, 0.1) is 17.6 Å². The van der Waals surface area contributed by atoms with Crippen LogP contribution in [0.2, 0.25) is 5.02 Å². The Morgan fingerprint density at radius 2 is 2.00 bits per heavy atom. The Bertz CT molecular complexity index is 833. The maximum Gasteiger partial charge on any atom is 0.304 e. The fourth-order valence-corrected chi connectivity index (χ4v) is 4.14. The molecule has 0 unspecified atom stereocenters. The summed E-state index contributed by atoms with van der Waals surface area (Å²) in [4.78, 5) is 10.6. The van der Waals surface area contributed by atoms with E-state index in [1.807, 2.05) is 0 Å². The molecular formula is C14H15ClN2O5S2. The number of nitrogens with zero attached hydrogens (tertiary/aromatic N) is 1. The number of nitrogens with one attached hydrogen (secondary N) is 1. The first kappa shape index (κ1) is 18.7. The highest BCUT2D eigenvalue weighted by Crippen LogP contribution is 2.39. The van der Waals surface area contributed by atoms with Gasteiger partial charge in [-0.3, -0.25) is 10.1 Å². The van der Waals surface area contributed by atoms with E-state index in [0.29, 0.717) is 5.02 Å². The molecule has 7 nitrogen and oxygen atoms in total. The minimum absolute atomic E-state index is 0.0658. The number of ether oxygens (including phenoxy) is 1. The van der Waals surface area contributed by atoms with Crippen LogP contribution in [0.5, 0.6) is 0 Å². The third-order valence-corrected chi connectivity index (χ3v) is 6.27. The number of halogens is 1. The summed E-state index contributed by atoms with van der Waals surface area (Å²) in [7, 11) is -2.02. The fourth-order valence-electron chi connectivity index (χ4n) is 2.02. The van der Waals surface area contributed by atoms with Crippen LogP contribution in [0.3, 0.4) is 0 Å². The average Bonchev–Trinajstić information content (AvgIpc) is 2.92. The minimum atomic E-state index is -3.53. The van der Waals surface area contributed by atoms with Crippen LogP contribution >= 0.6 is 22.9 Å². The van der Waals surface area contributed by atoms with Crippen molar-refractivity contribution in [2.24, 2.45) is 0 Å². The van der Waals surface area contributed by atoms with Gasteiger partial charge in [0.2, 0.25) is 0 Å². The van der Waals surface area contributed by atoms with Crippen molar-refractivity contribution in [3.05, 3.63) is 51.0 Å². The van der Waals surface area contributed by atoms with Crippen molar-refractivity contribution in [3.8, 4) is 0 Å². The molecule has 1 aromatic carbocycles. The van der Waals surface area contributed by atoms with Crippen LogP contribution in [0.1, 0.15) is 11.6 Å². The van der Waals surface area contributed by atoms with Gasteiger partial charge in [0.15, 0.2) is 14.8 Å². The van der Waals surface area contributed by atoms with Crippen molar-refractivity contribution in [2.75, 3.05) is 25.3 Å². The molecule has 1 heterocycles. The van der Waals surface area contributed by atoms with Crippen molar-refractivity contribution in [3.63, 3.8) is 0 Å². The first-order chi connectivity index (χ1) is 11.2. The van der Waals surface area contributed by atoms with Gasteiger partial charge in [-0.2, -0.15) is 0 Å². The summed E-state index contributed by atoms with van der Waals surface area (Å²) < 4.78 is 28.4. The van der Waals surface area contributed by atoms with Crippen molar-refractivity contribution < 1.29 is 18.1 Å². The SMILES string of the molecule is COC[C@@H](Nc1sc(S(C)(=O)=O)cc1[N+](=O)[O-])c1ccc(Cl)cc1. The second-order valence-electron chi connectivity index (χ2n) is 5.01. The van der Waals surface area contributed by atoms with Crippen molar-refractivity contribution >= 4 is 43.5 Å².